The number of ketones is 1. The lowest BCUT2D eigenvalue weighted by molar-refractivity contribution is -0.121. The van der Waals surface area contributed by atoms with Crippen LogP contribution in [0, 0.1) is 31.1 Å². The van der Waals surface area contributed by atoms with E-state index < -0.39 is 0 Å². The summed E-state index contributed by atoms with van der Waals surface area (Å²) in [5, 5.41) is 10.6. The number of nitrogens with zero attached hydrogens (tertiary/aromatic N) is 2. The number of carbonyl (C=O) groups excluding carboxylic acids is 1. The Balaban J connectivity index is 2.06. The Hall–Kier alpha value is -1.73. The maximum absolute atomic E-state index is 12.5. The van der Waals surface area contributed by atoms with Gasteiger partial charge in [-0.15, -0.1) is 11.3 Å². The fourth-order valence-corrected chi connectivity index (χ4v) is 5.09. The molecule has 2 aromatic rings. The van der Waals surface area contributed by atoms with Crippen molar-refractivity contribution >= 4 is 27.3 Å². The van der Waals surface area contributed by atoms with Crippen LogP contribution in [0.3, 0.4) is 0 Å². The number of pyridine rings is 1. The van der Waals surface area contributed by atoms with Crippen LogP contribution in [0.1, 0.15) is 59.9 Å². The van der Waals surface area contributed by atoms with Gasteiger partial charge in [-0.3, -0.25) is 4.79 Å². The molecular formula is C19H22N2OS. The molecule has 0 atom stereocenters. The van der Waals surface area contributed by atoms with Crippen molar-refractivity contribution in [3.8, 4) is 6.07 Å². The summed E-state index contributed by atoms with van der Waals surface area (Å²) >= 11 is 1.53. The van der Waals surface area contributed by atoms with Crippen LogP contribution in [0.5, 0.6) is 0 Å². The van der Waals surface area contributed by atoms with E-state index in [0.29, 0.717) is 17.8 Å². The second kappa shape index (κ2) is 6.41. The van der Waals surface area contributed by atoms with E-state index >= 15 is 0 Å². The summed E-state index contributed by atoms with van der Waals surface area (Å²) in [4.78, 5) is 19.0. The van der Waals surface area contributed by atoms with Crippen molar-refractivity contribution in [2.45, 2.75) is 59.3 Å². The maximum atomic E-state index is 12.5. The number of aromatic nitrogens is 1. The topological polar surface area (TPSA) is 53.8 Å². The summed E-state index contributed by atoms with van der Waals surface area (Å²) in [5.74, 6) is 0.504. The monoisotopic (exact) mass is 326 g/mol. The Bertz CT molecular complexity index is 807. The van der Waals surface area contributed by atoms with Gasteiger partial charge in [0, 0.05) is 28.3 Å². The highest BCUT2D eigenvalue weighted by atomic mass is 32.1. The van der Waals surface area contributed by atoms with Crippen LogP contribution in [0.4, 0.5) is 0 Å². The molecule has 0 saturated heterocycles. The SMILES string of the molecule is CCc1c(C)nc2sc(CC(=O)C3CCCC3)c(C#N)c2c1C. The van der Waals surface area contributed by atoms with Crippen molar-refractivity contribution in [1.82, 2.24) is 4.98 Å². The number of aryl methyl sites for hydroxylation is 2. The molecular weight excluding hydrogens is 304 g/mol. The lowest BCUT2D eigenvalue weighted by atomic mass is 9.96. The van der Waals surface area contributed by atoms with Gasteiger partial charge in [0.1, 0.15) is 16.7 Å². The minimum Gasteiger partial charge on any atom is -0.299 e. The van der Waals surface area contributed by atoms with E-state index in [2.05, 4.69) is 19.9 Å². The average Bonchev–Trinajstić information content (AvgIpc) is 3.14. The molecule has 0 aromatic carbocycles. The number of carbonyl (C=O) groups is 1. The number of nitriles is 1. The van der Waals surface area contributed by atoms with Gasteiger partial charge in [-0.25, -0.2) is 4.98 Å². The van der Waals surface area contributed by atoms with Crippen molar-refractivity contribution in [3.63, 3.8) is 0 Å². The van der Waals surface area contributed by atoms with E-state index in [1.54, 1.807) is 0 Å². The number of rotatable bonds is 4. The highest BCUT2D eigenvalue weighted by Gasteiger charge is 2.25. The highest BCUT2D eigenvalue weighted by Crippen LogP contribution is 2.36. The van der Waals surface area contributed by atoms with Crippen molar-refractivity contribution in [2.24, 2.45) is 5.92 Å². The van der Waals surface area contributed by atoms with Gasteiger partial charge in [0.25, 0.3) is 0 Å². The lowest BCUT2D eigenvalue weighted by Crippen LogP contribution is -2.13. The number of fused-ring (bicyclic) bond motifs is 1. The molecule has 0 N–H and O–H groups in total. The lowest BCUT2D eigenvalue weighted by Gasteiger charge is -2.08. The first-order chi connectivity index (χ1) is 11.1. The largest absolute Gasteiger partial charge is 0.299 e. The zero-order chi connectivity index (χ0) is 16.6. The Morgan fingerprint density at radius 3 is 2.65 bits per heavy atom. The predicted octanol–water partition coefficient (Wildman–Crippen LogP) is 4.65. The van der Waals surface area contributed by atoms with E-state index in [1.807, 2.05) is 6.92 Å². The number of hydrogen-bond acceptors (Lipinski definition) is 4. The molecule has 0 radical (unpaired) electrons. The fourth-order valence-electron chi connectivity index (χ4n) is 3.85. The third kappa shape index (κ3) is 2.79. The quantitative estimate of drug-likeness (QED) is 0.822. The van der Waals surface area contributed by atoms with Crippen LogP contribution in [-0.2, 0) is 17.6 Å². The Labute approximate surface area is 141 Å². The van der Waals surface area contributed by atoms with Crippen LogP contribution >= 0.6 is 11.3 Å². The van der Waals surface area contributed by atoms with E-state index in [-0.39, 0.29) is 5.92 Å². The summed E-state index contributed by atoms with van der Waals surface area (Å²) in [6, 6.07) is 2.34. The van der Waals surface area contributed by atoms with Gasteiger partial charge < -0.3 is 0 Å². The molecule has 0 spiro atoms. The summed E-state index contributed by atoms with van der Waals surface area (Å²) in [6.45, 7) is 6.22. The molecule has 1 saturated carbocycles. The van der Waals surface area contributed by atoms with Crippen LogP contribution in [-0.4, -0.2) is 10.8 Å². The first-order valence-electron chi connectivity index (χ1n) is 8.41. The van der Waals surface area contributed by atoms with Crippen LogP contribution in [0.2, 0.25) is 0 Å². The summed E-state index contributed by atoms with van der Waals surface area (Å²) in [5.41, 5.74) is 4.09. The summed E-state index contributed by atoms with van der Waals surface area (Å²) < 4.78 is 0. The minimum absolute atomic E-state index is 0.203. The van der Waals surface area contributed by atoms with Crippen LogP contribution in [0.15, 0.2) is 0 Å². The third-order valence-corrected chi connectivity index (χ3v) is 6.19. The predicted molar refractivity (Wildman–Crippen MR) is 93.9 cm³/mol. The van der Waals surface area contributed by atoms with E-state index in [9.17, 15) is 10.1 Å². The van der Waals surface area contributed by atoms with E-state index in [4.69, 9.17) is 4.98 Å². The molecule has 0 unspecified atom stereocenters. The molecule has 1 aliphatic carbocycles. The van der Waals surface area contributed by atoms with Crippen molar-refractivity contribution in [1.29, 1.82) is 5.26 Å². The molecule has 3 rings (SSSR count). The van der Waals surface area contributed by atoms with Gasteiger partial charge in [0.2, 0.25) is 0 Å². The molecule has 1 aliphatic rings. The maximum Gasteiger partial charge on any atom is 0.141 e. The van der Waals surface area contributed by atoms with Crippen LogP contribution in [0.25, 0.3) is 10.2 Å². The summed E-state index contributed by atoms with van der Waals surface area (Å²) in [6.07, 6.45) is 5.66. The highest BCUT2D eigenvalue weighted by molar-refractivity contribution is 7.19. The fraction of sp³-hybridized carbons (Fsp3) is 0.526. The minimum atomic E-state index is 0.203. The van der Waals surface area contributed by atoms with Gasteiger partial charge in [0.15, 0.2) is 0 Å². The molecule has 120 valence electrons. The average molecular weight is 326 g/mol. The van der Waals surface area contributed by atoms with Crippen molar-refractivity contribution in [3.05, 3.63) is 27.3 Å². The van der Waals surface area contributed by atoms with Gasteiger partial charge in [-0.1, -0.05) is 19.8 Å². The van der Waals surface area contributed by atoms with Gasteiger partial charge in [-0.05, 0) is 44.2 Å². The standard InChI is InChI=1S/C19H22N2OS/c1-4-14-11(2)18-15(10-20)17(23-19(18)21-12(14)3)9-16(22)13-7-5-6-8-13/h13H,4-9H2,1-3H3. The molecule has 23 heavy (non-hydrogen) atoms. The van der Waals surface area contributed by atoms with Crippen LogP contribution < -0.4 is 0 Å². The molecule has 2 aromatic heterocycles. The smallest absolute Gasteiger partial charge is 0.141 e. The van der Waals surface area contributed by atoms with E-state index in [0.717, 1.165) is 58.5 Å². The molecule has 1 fully saturated rings. The molecule has 4 heteroatoms. The van der Waals surface area contributed by atoms with Crippen molar-refractivity contribution in [2.75, 3.05) is 0 Å². The number of thiophene rings is 1. The zero-order valence-corrected chi connectivity index (χ0v) is 14.8. The number of Topliss-reactive ketones (excluding diaryl/α,β-unsaturated/α-hetero) is 1. The first-order valence-corrected chi connectivity index (χ1v) is 9.22. The molecule has 0 bridgehead atoms. The second-order valence-electron chi connectivity index (χ2n) is 6.47. The number of hydrogen-bond donors (Lipinski definition) is 0. The third-order valence-electron chi connectivity index (χ3n) is 5.11. The van der Waals surface area contributed by atoms with E-state index in [1.165, 1.54) is 16.9 Å². The molecule has 2 heterocycles. The molecule has 3 nitrogen and oxygen atoms in total. The van der Waals surface area contributed by atoms with Crippen molar-refractivity contribution < 1.29 is 4.79 Å². The molecule has 0 amide bonds. The normalized spacial score (nSPS) is 15.2. The molecule has 0 aliphatic heterocycles. The van der Waals surface area contributed by atoms with Gasteiger partial charge >= 0.3 is 0 Å². The Morgan fingerprint density at radius 2 is 2.04 bits per heavy atom. The summed E-state index contributed by atoms with van der Waals surface area (Å²) in [7, 11) is 0. The second-order valence-corrected chi connectivity index (χ2v) is 7.55. The zero-order valence-electron chi connectivity index (χ0n) is 14.0. The first kappa shape index (κ1) is 16.1. The Kier molecular flexibility index (Phi) is 4.50. The Morgan fingerprint density at radius 1 is 1.35 bits per heavy atom. The van der Waals surface area contributed by atoms with Gasteiger partial charge in [0.05, 0.1) is 5.56 Å². The van der Waals surface area contributed by atoms with Gasteiger partial charge in [-0.2, -0.15) is 5.26 Å².